The number of ether oxygens (including phenoxy) is 9. The van der Waals surface area contributed by atoms with E-state index in [4.69, 9.17) is 48.4 Å². The van der Waals surface area contributed by atoms with E-state index in [0.717, 1.165) is 18.4 Å². The Kier molecular flexibility index (Phi) is 25.7. The summed E-state index contributed by atoms with van der Waals surface area (Å²) in [5.74, 6) is -7.10. The summed E-state index contributed by atoms with van der Waals surface area (Å²) in [5, 5.41) is 36.6. The van der Waals surface area contributed by atoms with E-state index >= 15 is 0 Å². The topological polar surface area (TPSA) is 238 Å². The molecule has 17 nitrogen and oxygen atoms in total. The van der Waals surface area contributed by atoms with Crippen molar-refractivity contribution in [2.75, 3.05) is 14.2 Å². The Bertz CT molecular complexity index is 1900. The zero-order chi connectivity index (χ0) is 54.0. The molecule has 1 amide bonds. The number of carbonyl (C=O) groups excluding carboxylic acids is 4. The van der Waals surface area contributed by atoms with E-state index in [2.05, 4.69) is 0 Å². The van der Waals surface area contributed by atoms with Crippen LogP contribution < -0.4 is 5.73 Å². The first kappa shape index (κ1) is 62.2. The summed E-state index contributed by atoms with van der Waals surface area (Å²) >= 11 is 0. The first-order valence-corrected chi connectivity index (χ1v) is 26.0. The van der Waals surface area contributed by atoms with Gasteiger partial charge in [0.15, 0.2) is 18.2 Å². The number of esters is 3. The Morgan fingerprint density at radius 1 is 0.944 bits per heavy atom. The third kappa shape index (κ3) is 17.8. The molecule has 72 heavy (non-hydrogen) atoms. The zero-order valence-corrected chi connectivity index (χ0v) is 45.4. The van der Waals surface area contributed by atoms with Crippen LogP contribution in [0.15, 0.2) is 59.4 Å². The van der Waals surface area contributed by atoms with Gasteiger partial charge in [0.1, 0.15) is 24.4 Å². The molecule has 2 saturated heterocycles. The zero-order valence-electron chi connectivity index (χ0n) is 45.4. The van der Waals surface area contributed by atoms with Crippen molar-refractivity contribution in [2.24, 2.45) is 41.2 Å². The maximum atomic E-state index is 14.1. The maximum absolute atomic E-state index is 14.1. The molecule has 0 radical (unpaired) electrons. The van der Waals surface area contributed by atoms with Gasteiger partial charge in [-0.05, 0) is 59.0 Å². The van der Waals surface area contributed by atoms with Crippen LogP contribution in [0.2, 0.25) is 0 Å². The number of aliphatic hydroxyl groups excluding tert-OH is 2. The third-order valence-corrected chi connectivity index (χ3v) is 14.4. The Labute approximate surface area is 428 Å². The number of hydrogen-bond donors (Lipinski definition) is 4. The summed E-state index contributed by atoms with van der Waals surface area (Å²) < 4.78 is 54.3. The second kappa shape index (κ2) is 29.7. The minimum absolute atomic E-state index is 0.00133. The second-order valence-electron chi connectivity index (χ2n) is 20.4. The van der Waals surface area contributed by atoms with Crippen molar-refractivity contribution in [3.05, 3.63) is 59.4 Å². The smallest absolute Gasteiger partial charge is 0.404 e. The highest BCUT2D eigenvalue weighted by Crippen LogP contribution is 2.43. The number of primary amides is 1. The normalized spacial score (nSPS) is 37.3. The maximum Gasteiger partial charge on any atom is 0.404 e. The molecule has 0 aromatic heterocycles. The fourth-order valence-electron chi connectivity index (χ4n) is 10.0. The Morgan fingerprint density at radius 2 is 1.58 bits per heavy atom. The molecule has 5 N–H and O–H groups in total. The van der Waals surface area contributed by atoms with Gasteiger partial charge in [-0.15, -0.1) is 0 Å². The summed E-state index contributed by atoms with van der Waals surface area (Å²) in [6.07, 6.45) is 5.00. The van der Waals surface area contributed by atoms with Gasteiger partial charge in [0, 0.05) is 62.4 Å². The van der Waals surface area contributed by atoms with Crippen molar-refractivity contribution < 1.29 is 77.1 Å². The number of rotatable bonds is 18. The minimum Gasteiger partial charge on any atom is -0.490 e. The minimum atomic E-state index is -2.02. The van der Waals surface area contributed by atoms with Crippen LogP contribution >= 0.6 is 0 Å². The molecule has 3 aliphatic heterocycles. The lowest BCUT2D eigenvalue weighted by Gasteiger charge is -2.50. The van der Waals surface area contributed by atoms with Crippen molar-refractivity contribution in [3.63, 3.8) is 0 Å². The van der Waals surface area contributed by atoms with Crippen LogP contribution in [-0.2, 0) is 57.0 Å². The Morgan fingerprint density at radius 3 is 2.17 bits per heavy atom. The van der Waals surface area contributed by atoms with Gasteiger partial charge in [-0.1, -0.05) is 116 Å². The summed E-state index contributed by atoms with van der Waals surface area (Å²) in [4.78, 5) is 51.9. The number of allylic oxidation sites excluding steroid dienone is 6. The van der Waals surface area contributed by atoms with Crippen molar-refractivity contribution in [1.82, 2.24) is 0 Å². The predicted octanol–water partition coefficient (Wildman–Crippen LogP) is 8.08. The van der Waals surface area contributed by atoms with E-state index in [1.807, 2.05) is 67.5 Å². The van der Waals surface area contributed by atoms with Crippen LogP contribution in [0.4, 0.5) is 4.79 Å². The number of aliphatic hydroxyl groups is 3. The van der Waals surface area contributed by atoms with Gasteiger partial charge in [0.25, 0.3) is 0 Å². The molecule has 18 atom stereocenters. The quantitative estimate of drug-likeness (QED) is 0.0577. The number of unbranched alkanes of at least 4 members (excludes halogenated alkanes) is 2. The van der Waals surface area contributed by atoms with E-state index in [9.17, 15) is 34.5 Å². The highest BCUT2D eigenvalue weighted by molar-refractivity contribution is 5.87. The van der Waals surface area contributed by atoms with E-state index in [1.54, 1.807) is 52.0 Å². The van der Waals surface area contributed by atoms with Gasteiger partial charge in [-0.2, -0.15) is 0 Å². The number of hydrogen-bond acceptors (Lipinski definition) is 16. The molecular formula is C55H89NO16. The molecule has 3 aliphatic rings. The third-order valence-electron chi connectivity index (χ3n) is 14.4. The fraction of sp³-hybridized carbons (Fsp3) is 0.745. The second-order valence-corrected chi connectivity index (χ2v) is 20.4. The average Bonchev–Trinajstić information content (AvgIpc) is 3.32. The lowest BCUT2D eigenvalue weighted by molar-refractivity contribution is -0.339. The van der Waals surface area contributed by atoms with Gasteiger partial charge in [-0.25, -0.2) is 9.59 Å². The van der Waals surface area contributed by atoms with Gasteiger partial charge in [0.05, 0.1) is 37.6 Å². The van der Waals surface area contributed by atoms with Crippen LogP contribution in [0, 0.1) is 35.5 Å². The van der Waals surface area contributed by atoms with Crippen LogP contribution in [0.3, 0.4) is 0 Å². The molecule has 3 heterocycles. The molecule has 3 rings (SSSR count). The monoisotopic (exact) mass is 1020 g/mol. The standard InChI is InChI=1S/C55H89NO16/c1-15-18-24-45(57)67-42-29-47(66-39(12)52(42)71-54(56)62)68-44-30-55(63,72-40(21-17-3)35(44)8)38(11)49(60)37(10)51-41(64-13)23-20-22-31(4)26-34(7)50(69-46(58)25-19-16-2)36(9)48(59)33(6)27-32(5)28-43(65-14)53(61)70-51/h17,20-23,27-28,33-42,44,47-52,59-60,63H,15-16,18-19,24-26,29-30H2,1-14H3,(H2,56,62)/b21-17+,23-20+,31-22+,32-27+,43-28-/t33-,34-,35-,36-,37+,38+,39-,40-,41+,42-,44-,47+,48-,49-,50+,51-,52-,55-/m1/s1. The van der Waals surface area contributed by atoms with Crippen molar-refractivity contribution in [1.29, 1.82) is 0 Å². The van der Waals surface area contributed by atoms with Gasteiger partial charge in [-0.3, -0.25) is 9.59 Å². The molecule has 0 saturated carbocycles. The van der Waals surface area contributed by atoms with Crippen LogP contribution in [0.5, 0.6) is 0 Å². The fourth-order valence-corrected chi connectivity index (χ4v) is 10.0. The number of amides is 1. The van der Waals surface area contributed by atoms with Gasteiger partial charge >= 0.3 is 24.0 Å². The lowest BCUT2D eigenvalue weighted by Crippen LogP contribution is -2.59. The highest BCUT2D eigenvalue weighted by Gasteiger charge is 2.53. The molecule has 0 aromatic rings. The molecule has 0 unspecified atom stereocenters. The summed E-state index contributed by atoms with van der Waals surface area (Å²) in [6.45, 7) is 22.1. The molecule has 0 spiro atoms. The average molecular weight is 1020 g/mol. The highest BCUT2D eigenvalue weighted by atomic mass is 16.7. The molecule has 0 bridgehead atoms. The molecule has 0 aliphatic carbocycles. The first-order chi connectivity index (χ1) is 33.9. The van der Waals surface area contributed by atoms with E-state index in [1.165, 1.54) is 20.3 Å². The van der Waals surface area contributed by atoms with E-state index < -0.39 is 115 Å². The van der Waals surface area contributed by atoms with Crippen LogP contribution in [-0.4, -0.2) is 127 Å². The largest absolute Gasteiger partial charge is 0.490 e. The number of methoxy groups -OCH3 is 2. The Balaban J connectivity index is 2.03. The van der Waals surface area contributed by atoms with E-state index in [-0.39, 0.29) is 49.2 Å². The molecule has 410 valence electrons. The van der Waals surface area contributed by atoms with Crippen LogP contribution in [0.25, 0.3) is 0 Å². The summed E-state index contributed by atoms with van der Waals surface area (Å²) in [6, 6.07) is 0. The first-order valence-electron chi connectivity index (χ1n) is 26.0. The summed E-state index contributed by atoms with van der Waals surface area (Å²) in [5.41, 5.74) is 6.93. The van der Waals surface area contributed by atoms with Crippen molar-refractivity contribution in [2.45, 2.75) is 214 Å². The molecular weight excluding hydrogens is 931 g/mol. The SMILES string of the molecule is C/C=C/[C@H]1O[C@@](O)([C@@H](C)[C@H](O)[C@H](C)[C@H]2OC(=O)/C(OC)=C/C(C)=C/[C@@H](C)[C@@H](O)[C@@H](C)[C@@H](OC(=O)CCCC)[C@H](C)C/C(C)=C/C=C/[C@@H]2OC)C[C@@H](O[C@H]2C[C@@H](OC(=O)CCCC)[C@H](OC(N)=O)[C@@H](C)O2)[C@@H]1C. The van der Waals surface area contributed by atoms with Gasteiger partial charge < -0.3 is 63.7 Å². The molecule has 0 aromatic carbocycles. The summed E-state index contributed by atoms with van der Waals surface area (Å²) in [7, 11) is 2.80. The lowest BCUT2D eigenvalue weighted by atomic mass is 9.77. The molecule has 17 heteroatoms. The number of cyclic esters (lactones) is 1. The van der Waals surface area contributed by atoms with E-state index in [0.29, 0.717) is 24.8 Å². The predicted molar refractivity (Wildman–Crippen MR) is 270 cm³/mol. The van der Waals surface area contributed by atoms with Crippen LogP contribution in [0.1, 0.15) is 141 Å². The molecule has 2 fully saturated rings. The Hall–Kier alpha value is -4.10. The number of carbonyl (C=O) groups is 4. The van der Waals surface area contributed by atoms with Crippen molar-refractivity contribution >= 4 is 24.0 Å². The van der Waals surface area contributed by atoms with Gasteiger partial charge in [0.2, 0.25) is 5.76 Å². The van der Waals surface area contributed by atoms with Crippen molar-refractivity contribution in [3.8, 4) is 0 Å². The number of nitrogens with two attached hydrogens (primary N) is 1.